The molecule has 116 valence electrons. The second-order valence-electron chi connectivity index (χ2n) is 5.10. The summed E-state index contributed by atoms with van der Waals surface area (Å²) in [7, 11) is -3.36. The van der Waals surface area contributed by atoms with Gasteiger partial charge in [-0.05, 0) is 25.0 Å². The van der Waals surface area contributed by atoms with E-state index < -0.39 is 27.6 Å². The molecule has 1 aromatic rings. The van der Waals surface area contributed by atoms with E-state index in [2.05, 4.69) is 4.72 Å². The third-order valence-corrected chi connectivity index (χ3v) is 4.01. The molecular formula is C13H16F2N2O3S. The number of nitrogens with zero attached hydrogens (tertiary/aromatic N) is 1. The molecule has 0 radical (unpaired) electrons. The molecule has 1 saturated heterocycles. The summed E-state index contributed by atoms with van der Waals surface area (Å²) in [5.74, 6) is -2.23. The van der Waals surface area contributed by atoms with Crippen LogP contribution in [0.4, 0.5) is 8.78 Å². The smallest absolute Gasteiger partial charge is 0.256 e. The Morgan fingerprint density at radius 3 is 2.71 bits per heavy atom. The van der Waals surface area contributed by atoms with Gasteiger partial charge in [0, 0.05) is 25.2 Å². The molecular weight excluding hydrogens is 302 g/mol. The molecule has 1 N–H and O–H groups in total. The highest BCUT2D eigenvalue weighted by atomic mass is 32.2. The molecule has 1 heterocycles. The Hall–Kier alpha value is -1.54. The Kier molecular flexibility index (Phi) is 4.58. The zero-order valence-electron chi connectivity index (χ0n) is 11.5. The maximum Gasteiger partial charge on any atom is 0.256 e. The Bertz CT molecular complexity index is 649. The first-order chi connectivity index (χ1) is 9.76. The Labute approximate surface area is 122 Å². The van der Waals surface area contributed by atoms with Gasteiger partial charge in [-0.25, -0.2) is 21.9 Å². The number of sulfonamides is 1. The zero-order valence-corrected chi connectivity index (χ0v) is 12.3. The first-order valence-electron chi connectivity index (χ1n) is 6.48. The van der Waals surface area contributed by atoms with Crippen molar-refractivity contribution in [2.75, 3.05) is 19.3 Å². The average molecular weight is 318 g/mol. The minimum Gasteiger partial charge on any atom is -0.337 e. The Morgan fingerprint density at radius 1 is 1.38 bits per heavy atom. The summed E-state index contributed by atoms with van der Waals surface area (Å²) in [6.07, 6.45) is 2.28. The molecule has 5 nitrogen and oxygen atoms in total. The molecule has 0 bridgehead atoms. The molecule has 1 fully saturated rings. The van der Waals surface area contributed by atoms with Crippen LogP contribution in [0, 0.1) is 11.6 Å². The lowest BCUT2D eigenvalue weighted by Gasteiger charge is -2.32. The van der Waals surface area contributed by atoms with Gasteiger partial charge in [0.1, 0.15) is 11.6 Å². The summed E-state index contributed by atoms with van der Waals surface area (Å²) < 4.78 is 51.4. The van der Waals surface area contributed by atoms with Crippen molar-refractivity contribution < 1.29 is 22.0 Å². The third kappa shape index (κ3) is 4.21. The number of carbonyl (C=O) groups excluding carboxylic acids is 1. The van der Waals surface area contributed by atoms with Crippen molar-refractivity contribution in [3.8, 4) is 0 Å². The van der Waals surface area contributed by atoms with Gasteiger partial charge in [-0.15, -0.1) is 0 Å². The number of rotatable bonds is 3. The molecule has 2 rings (SSSR count). The lowest BCUT2D eigenvalue weighted by atomic mass is 10.1. The van der Waals surface area contributed by atoms with Crippen molar-refractivity contribution in [2.24, 2.45) is 0 Å². The molecule has 0 saturated carbocycles. The van der Waals surface area contributed by atoms with E-state index in [9.17, 15) is 22.0 Å². The lowest BCUT2D eigenvalue weighted by molar-refractivity contribution is 0.0698. The SMILES string of the molecule is CS(=O)(=O)NC1CCCN(C(=O)c2ccc(F)cc2F)C1. The largest absolute Gasteiger partial charge is 0.337 e. The first kappa shape index (κ1) is 15.8. The second kappa shape index (κ2) is 6.07. The van der Waals surface area contributed by atoms with Crippen LogP contribution >= 0.6 is 0 Å². The summed E-state index contributed by atoms with van der Waals surface area (Å²) in [4.78, 5) is 13.6. The quantitative estimate of drug-likeness (QED) is 0.908. The maximum atomic E-state index is 13.6. The predicted octanol–water partition coefficient (Wildman–Crippen LogP) is 1.12. The van der Waals surface area contributed by atoms with Gasteiger partial charge in [-0.3, -0.25) is 4.79 Å². The third-order valence-electron chi connectivity index (χ3n) is 3.25. The standard InChI is InChI=1S/C13H16F2N2O3S/c1-21(19,20)16-10-3-2-6-17(8-10)13(18)11-5-4-9(14)7-12(11)15/h4-5,7,10,16H,2-3,6,8H2,1H3. The Balaban J connectivity index is 2.12. The fourth-order valence-corrected chi connectivity index (χ4v) is 3.19. The molecule has 0 aliphatic carbocycles. The minimum absolute atomic E-state index is 0.169. The predicted molar refractivity (Wildman–Crippen MR) is 73.3 cm³/mol. The minimum atomic E-state index is -3.36. The van der Waals surface area contributed by atoms with E-state index in [1.54, 1.807) is 0 Å². The number of benzene rings is 1. The summed E-state index contributed by atoms with van der Waals surface area (Å²) in [6, 6.07) is 2.39. The van der Waals surface area contributed by atoms with Gasteiger partial charge >= 0.3 is 0 Å². The molecule has 0 aromatic heterocycles. The first-order valence-corrected chi connectivity index (χ1v) is 8.37. The van der Waals surface area contributed by atoms with Crippen LogP contribution in [0.5, 0.6) is 0 Å². The van der Waals surface area contributed by atoms with Crippen molar-refractivity contribution in [2.45, 2.75) is 18.9 Å². The van der Waals surface area contributed by atoms with Gasteiger partial charge < -0.3 is 4.90 Å². The highest BCUT2D eigenvalue weighted by Gasteiger charge is 2.27. The van der Waals surface area contributed by atoms with Gasteiger partial charge in [0.05, 0.1) is 11.8 Å². The van der Waals surface area contributed by atoms with Gasteiger partial charge in [-0.2, -0.15) is 0 Å². The number of hydrogen-bond donors (Lipinski definition) is 1. The molecule has 1 unspecified atom stereocenters. The molecule has 1 aromatic carbocycles. The summed E-state index contributed by atoms with van der Waals surface area (Å²) in [5, 5.41) is 0. The van der Waals surface area contributed by atoms with Crippen molar-refractivity contribution in [3.05, 3.63) is 35.4 Å². The molecule has 1 atom stereocenters. The monoisotopic (exact) mass is 318 g/mol. The highest BCUT2D eigenvalue weighted by molar-refractivity contribution is 7.88. The summed E-state index contributed by atoms with van der Waals surface area (Å²) in [6.45, 7) is 0.584. The lowest BCUT2D eigenvalue weighted by Crippen LogP contribution is -2.49. The van der Waals surface area contributed by atoms with E-state index >= 15 is 0 Å². The number of piperidine rings is 1. The number of amides is 1. The van der Waals surface area contributed by atoms with E-state index in [1.165, 1.54) is 4.90 Å². The van der Waals surface area contributed by atoms with Crippen molar-refractivity contribution in [3.63, 3.8) is 0 Å². The maximum absolute atomic E-state index is 13.6. The van der Waals surface area contributed by atoms with Crippen LogP contribution in [0.3, 0.4) is 0 Å². The Morgan fingerprint density at radius 2 is 2.10 bits per heavy atom. The molecule has 0 spiro atoms. The van der Waals surface area contributed by atoms with Crippen molar-refractivity contribution in [1.82, 2.24) is 9.62 Å². The van der Waals surface area contributed by atoms with Gasteiger partial charge in [0.15, 0.2) is 0 Å². The summed E-state index contributed by atoms with van der Waals surface area (Å²) in [5.41, 5.74) is -0.212. The molecule has 1 amide bonds. The van der Waals surface area contributed by atoms with Crippen LogP contribution in [0.15, 0.2) is 18.2 Å². The fraction of sp³-hybridized carbons (Fsp3) is 0.462. The number of halogens is 2. The van der Waals surface area contributed by atoms with Gasteiger partial charge in [-0.1, -0.05) is 0 Å². The number of carbonyl (C=O) groups is 1. The van der Waals surface area contributed by atoms with E-state index in [-0.39, 0.29) is 18.2 Å². The van der Waals surface area contributed by atoms with E-state index in [0.717, 1.165) is 18.4 Å². The fourth-order valence-electron chi connectivity index (χ4n) is 2.39. The topological polar surface area (TPSA) is 66.5 Å². The average Bonchev–Trinajstić information content (AvgIpc) is 2.36. The highest BCUT2D eigenvalue weighted by Crippen LogP contribution is 2.17. The van der Waals surface area contributed by atoms with Crippen molar-refractivity contribution in [1.29, 1.82) is 0 Å². The second-order valence-corrected chi connectivity index (χ2v) is 6.88. The van der Waals surface area contributed by atoms with Crippen molar-refractivity contribution >= 4 is 15.9 Å². The normalized spacial score (nSPS) is 19.6. The molecule has 8 heteroatoms. The number of likely N-dealkylation sites (tertiary alicyclic amines) is 1. The van der Waals surface area contributed by atoms with Crippen LogP contribution in [0.1, 0.15) is 23.2 Å². The van der Waals surface area contributed by atoms with E-state index in [1.807, 2.05) is 0 Å². The molecule has 21 heavy (non-hydrogen) atoms. The van der Waals surface area contributed by atoms with Crippen LogP contribution < -0.4 is 4.72 Å². The zero-order chi connectivity index (χ0) is 15.6. The van der Waals surface area contributed by atoms with Gasteiger partial charge in [0.2, 0.25) is 10.0 Å². The van der Waals surface area contributed by atoms with E-state index in [0.29, 0.717) is 25.5 Å². The number of nitrogens with one attached hydrogen (secondary N) is 1. The van der Waals surface area contributed by atoms with E-state index in [4.69, 9.17) is 0 Å². The van der Waals surface area contributed by atoms with Crippen LogP contribution in [-0.2, 0) is 10.0 Å². The van der Waals surface area contributed by atoms with Crippen LogP contribution in [0.2, 0.25) is 0 Å². The molecule has 1 aliphatic heterocycles. The summed E-state index contributed by atoms with van der Waals surface area (Å²) >= 11 is 0. The number of hydrogen-bond acceptors (Lipinski definition) is 3. The van der Waals surface area contributed by atoms with Crippen LogP contribution in [0.25, 0.3) is 0 Å². The van der Waals surface area contributed by atoms with Gasteiger partial charge in [0.25, 0.3) is 5.91 Å². The molecule has 1 aliphatic rings. The van der Waals surface area contributed by atoms with Crippen LogP contribution in [-0.4, -0.2) is 44.6 Å².